The van der Waals surface area contributed by atoms with Gasteiger partial charge in [0.1, 0.15) is 11.9 Å². The van der Waals surface area contributed by atoms with Gasteiger partial charge < -0.3 is 10.2 Å². The van der Waals surface area contributed by atoms with E-state index in [1.54, 1.807) is 17.3 Å². The van der Waals surface area contributed by atoms with Gasteiger partial charge in [-0.15, -0.1) is 0 Å². The second-order valence-electron chi connectivity index (χ2n) is 8.21. The minimum Gasteiger partial charge on any atom is -0.330 e. The van der Waals surface area contributed by atoms with Crippen molar-refractivity contribution in [3.63, 3.8) is 0 Å². The van der Waals surface area contributed by atoms with E-state index < -0.39 is 0 Å². The summed E-state index contributed by atoms with van der Waals surface area (Å²) in [6, 6.07) is -0.365. The Morgan fingerprint density at radius 1 is 1.08 bits per heavy atom. The molecule has 25 heavy (non-hydrogen) atoms. The molecule has 2 fully saturated rings. The summed E-state index contributed by atoms with van der Waals surface area (Å²) in [7, 11) is 0. The Kier molecular flexibility index (Phi) is 5.06. The number of rotatable bonds is 3. The average Bonchev–Trinajstić information content (AvgIpc) is 3.25. The minimum atomic E-state index is -0.365. The number of nitrogens with one attached hydrogen (secondary N) is 1. The van der Waals surface area contributed by atoms with Crippen LogP contribution in [0.15, 0.2) is 12.4 Å². The van der Waals surface area contributed by atoms with Crippen molar-refractivity contribution in [2.75, 3.05) is 11.9 Å². The molecular formula is C19H28N4O2. The topological polar surface area (TPSA) is 75.2 Å². The molecule has 0 radical (unpaired) electrons. The van der Waals surface area contributed by atoms with E-state index in [-0.39, 0.29) is 29.2 Å². The highest BCUT2D eigenvalue weighted by atomic mass is 16.2. The Balaban J connectivity index is 1.64. The van der Waals surface area contributed by atoms with Crippen LogP contribution in [0, 0.1) is 5.92 Å². The Hall–Kier alpha value is -1.98. The first-order valence-electron chi connectivity index (χ1n) is 9.30. The van der Waals surface area contributed by atoms with E-state index in [0.717, 1.165) is 44.3 Å². The number of carbonyl (C=O) groups excluding carboxylic acids is 2. The van der Waals surface area contributed by atoms with Gasteiger partial charge in [-0.25, -0.2) is 9.97 Å². The maximum Gasteiger partial charge on any atom is 0.247 e. The fourth-order valence-electron chi connectivity index (χ4n) is 3.72. The van der Waals surface area contributed by atoms with E-state index in [0.29, 0.717) is 12.2 Å². The van der Waals surface area contributed by atoms with Crippen LogP contribution in [0.4, 0.5) is 5.69 Å². The van der Waals surface area contributed by atoms with Crippen molar-refractivity contribution >= 4 is 17.5 Å². The van der Waals surface area contributed by atoms with Gasteiger partial charge in [0, 0.05) is 17.9 Å². The molecule has 1 aromatic rings. The van der Waals surface area contributed by atoms with Crippen LogP contribution in [-0.4, -0.2) is 39.3 Å². The van der Waals surface area contributed by atoms with Crippen molar-refractivity contribution < 1.29 is 9.59 Å². The number of anilines is 1. The molecule has 2 heterocycles. The van der Waals surface area contributed by atoms with Crippen molar-refractivity contribution in [2.24, 2.45) is 5.92 Å². The molecule has 6 nitrogen and oxygen atoms in total. The summed E-state index contributed by atoms with van der Waals surface area (Å²) in [4.78, 5) is 35.8. The van der Waals surface area contributed by atoms with Gasteiger partial charge in [0.25, 0.3) is 0 Å². The molecule has 1 aliphatic carbocycles. The van der Waals surface area contributed by atoms with Crippen LogP contribution in [0.2, 0.25) is 0 Å². The first-order valence-corrected chi connectivity index (χ1v) is 9.30. The smallest absolute Gasteiger partial charge is 0.247 e. The van der Waals surface area contributed by atoms with Gasteiger partial charge in [0.15, 0.2) is 0 Å². The number of likely N-dealkylation sites (tertiary alicyclic amines) is 1. The zero-order valence-corrected chi connectivity index (χ0v) is 15.4. The van der Waals surface area contributed by atoms with Crippen LogP contribution < -0.4 is 5.32 Å². The number of hydrogen-bond donors (Lipinski definition) is 1. The number of amides is 2. The molecule has 6 heteroatoms. The summed E-state index contributed by atoms with van der Waals surface area (Å²) in [5, 5.41) is 2.88. The molecule has 3 rings (SSSR count). The van der Waals surface area contributed by atoms with Crippen LogP contribution >= 0.6 is 0 Å². The second kappa shape index (κ2) is 7.10. The van der Waals surface area contributed by atoms with Crippen molar-refractivity contribution in [3.8, 4) is 0 Å². The van der Waals surface area contributed by atoms with Crippen LogP contribution in [-0.2, 0) is 15.0 Å². The normalized spacial score (nSPS) is 21.6. The standard InChI is InChI=1S/C19H28N4O2/c1-19(2,3)18-20-11-14(12-21-18)22-16(24)15-9-6-10-23(15)17(25)13-7-4-5-8-13/h11-13,15H,4-10H2,1-3H3,(H,22,24). The van der Waals surface area contributed by atoms with Crippen molar-refractivity contribution in [1.82, 2.24) is 14.9 Å². The first kappa shape index (κ1) is 17.8. The summed E-state index contributed by atoms with van der Waals surface area (Å²) in [6.45, 7) is 6.83. The average molecular weight is 344 g/mol. The fraction of sp³-hybridized carbons (Fsp3) is 0.684. The Morgan fingerprint density at radius 2 is 1.72 bits per heavy atom. The highest BCUT2D eigenvalue weighted by Gasteiger charge is 2.37. The van der Waals surface area contributed by atoms with E-state index in [1.165, 1.54) is 0 Å². The lowest BCUT2D eigenvalue weighted by Gasteiger charge is -2.26. The fourth-order valence-corrected chi connectivity index (χ4v) is 3.72. The summed E-state index contributed by atoms with van der Waals surface area (Å²) in [5.74, 6) is 0.887. The molecule has 2 amide bonds. The van der Waals surface area contributed by atoms with Gasteiger partial charge >= 0.3 is 0 Å². The van der Waals surface area contributed by atoms with Crippen LogP contribution in [0.1, 0.15) is 65.1 Å². The van der Waals surface area contributed by atoms with Gasteiger partial charge in [-0.3, -0.25) is 9.59 Å². The van der Waals surface area contributed by atoms with Gasteiger partial charge in [0.05, 0.1) is 18.1 Å². The van der Waals surface area contributed by atoms with E-state index >= 15 is 0 Å². The zero-order chi connectivity index (χ0) is 18.0. The zero-order valence-electron chi connectivity index (χ0n) is 15.4. The quantitative estimate of drug-likeness (QED) is 0.915. The molecule has 1 aliphatic heterocycles. The number of hydrogen-bond acceptors (Lipinski definition) is 4. The Bertz CT molecular complexity index is 630. The SMILES string of the molecule is CC(C)(C)c1ncc(NC(=O)C2CCCN2C(=O)C2CCCC2)cn1. The summed E-state index contributed by atoms with van der Waals surface area (Å²) < 4.78 is 0. The third-order valence-corrected chi connectivity index (χ3v) is 5.13. The molecule has 1 saturated carbocycles. The second-order valence-corrected chi connectivity index (χ2v) is 8.21. The molecule has 2 aliphatic rings. The molecule has 0 bridgehead atoms. The summed E-state index contributed by atoms with van der Waals surface area (Å²) in [5.41, 5.74) is 0.455. The lowest BCUT2D eigenvalue weighted by Crippen LogP contribution is -2.45. The maximum atomic E-state index is 12.7. The van der Waals surface area contributed by atoms with E-state index in [1.807, 2.05) is 20.8 Å². The molecule has 1 aromatic heterocycles. The predicted octanol–water partition coefficient (Wildman–Crippen LogP) is 2.89. The van der Waals surface area contributed by atoms with Crippen LogP contribution in [0.5, 0.6) is 0 Å². The van der Waals surface area contributed by atoms with Crippen molar-refractivity contribution in [1.29, 1.82) is 0 Å². The minimum absolute atomic E-state index is 0.114. The third-order valence-electron chi connectivity index (χ3n) is 5.13. The molecule has 1 N–H and O–H groups in total. The molecule has 1 unspecified atom stereocenters. The van der Waals surface area contributed by atoms with Crippen LogP contribution in [0.3, 0.4) is 0 Å². The van der Waals surface area contributed by atoms with Gasteiger partial charge in [-0.1, -0.05) is 33.6 Å². The Morgan fingerprint density at radius 3 is 2.32 bits per heavy atom. The van der Waals surface area contributed by atoms with E-state index in [4.69, 9.17) is 0 Å². The van der Waals surface area contributed by atoms with Crippen molar-refractivity contribution in [2.45, 2.75) is 70.8 Å². The lowest BCUT2D eigenvalue weighted by atomic mass is 9.96. The molecule has 136 valence electrons. The maximum absolute atomic E-state index is 12.7. The van der Waals surface area contributed by atoms with E-state index in [9.17, 15) is 9.59 Å². The molecular weight excluding hydrogens is 316 g/mol. The highest BCUT2D eigenvalue weighted by molar-refractivity contribution is 5.97. The van der Waals surface area contributed by atoms with Crippen molar-refractivity contribution in [3.05, 3.63) is 18.2 Å². The third kappa shape index (κ3) is 3.99. The monoisotopic (exact) mass is 344 g/mol. The van der Waals surface area contributed by atoms with Gasteiger partial charge in [-0.2, -0.15) is 0 Å². The molecule has 1 atom stereocenters. The van der Waals surface area contributed by atoms with Gasteiger partial charge in [0.2, 0.25) is 11.8 Å². The lowest BCUT2D eigenvalue weighted by molar-refractivity contribution is -0.140. The largest absolute Gasteiger partial charge is 0.330 e. The number of carbonyl (C=O) groups is 2. The van der Waals surface area contributed by atoms with Gasteiger partial charge in [-0.05, 0) is 25.7 Å². The Labute approximate surface area is 149 Å². The first-order chi connectivity index (χ1) is 11.9. The summed E-state index contributed by atoms with van der Waals surface area (Å²) in [6.07, 6.45) is 9.07. The molecule has 0 spiro atoms. The molecule has 1 saturated heterocycles. The van der Waals surface area contributed by atoms with E-state index in [2.05, 4.69) is 15.3 Å². The number of aromatic nitrogens is 2. The van der Waals surface area contributed by atoms with Crippen LogP contribution in [0.25, 0.3) is 0 Å². The predicted molar refractivity (Wildman–Crippen MR) is 96.1 cm³/mol. The molecule has 0 aromatic carbocycles. The number of nitrogens with zero attached hydrogens (tertiary/aromatic N) is 3. The highest BCUT2D eigenvalue weighted by Crippen LogP contribution is 2.30. The summed E-state index contributed by atoms with van der Waals surface area (Å²) >= 11 is 0.